The second-order valence-corrected chi connectivity index (χ2v) is 5.95. The highest BCUT2D eigenvalue weighted by Crippen LogP contribution is 2.21. The van der Waals surface area contributed by atoms with Gasteiger partial charge in [0.1, 0.15) is 4.99 Å². The summed E-state index contributed by atoms with van der Waals surface area (Å²) in [4.78, 5) is 3.04. The van der Waals surface area contributed by atoms with Crippen LogP contribution < -0.4 is 5.73 Å². The molecule has 0 aliphatic carbocycles. The second-order valence-electron chi connectivity index (χ2n) is 5.51. The fourth-order valence-electron chi connectivity index (χ4n) is 3.10. The zero-order valence-electron chi connectivity index (χ0n) is 11.7. The third-order valence-corrected chi connectivity index (χ3v) is 4.37. The summed E-state index contributed by atoms with van der Waals surface area (Å²) in [5.41, 5.74) is 8.00. The fourth-order valence-corrected chi connectivity index (χ4v) is 3.28. The van der Waals surface area contributed by atoms with Crippen LogP contribution in [0.4, 0.5) is 0 Å². The quantitative estimate of drug-likeness (QED) is 0.859. The SMILES string of the molecule is NC(=S)c1cccc2c1ccn2CCCN1CCCC1. The molecule has 20 heavy (non-hydrogen) atoms. The summed E-state index contributed by atoms with van der Waals surface area (Å²) in [5, 5.41) is 1.17. The van der Waals surface area contributed by atoms with Crippen molar-refractivity contribution in [2.24, 2.45) is 5.73 Å². The Labute approximate surface area is 125 Å². The molecule has 4 heteroatoms. The first-order valence-electron chi connectivity index (χ1n) is 7.36. The molecule has 1 saturated heterocycles. The number of fused-ring (bicyclic) bond motifs is 1. The first-order valence-corrected chi connectivity index (χ1v) is 7.76. The Morgan fingerprint density at radius 3 is 2.70 bits per heavy atom. The zero-order chi connectivity index (χ0) is 13.9. The normalized spacial score (nSPS) is 16.0. The highest BCUT2D eigenvalue weighted by molar-refractivity contribution is 7.80. The number of hydrogen-bond donors (Lipinski definition) is 1. The van der Waals surface area contributed by atoms with Crippen molar-refractivity contribution in [3.8, 4) is 0 Å². The molecule has 106 valence electrons. The van der Waals surface area contributed by atoms with Crippen LogP contribution >= 0.6 is 12.2 Å². The maximum Gasteiger partial charge on any atom is 0.104 e. The van der Waals surface area contributed by atoms with Gasteiger partial charge in [0.05, 0.1) is 0 Å². The number of hydrogen-bond acceptors (Lipinski definition) is 2. The maximum atomic E-state index is 5.79. The van der Waals surface area contributed by atoms with Crippen molar-refractivity contribution < 1.29 is 0 Å². The Morgan fingerprint density at radius 1 is 1.15 bits per heavy atom. The summed E-state index contributed by atoms with van der Waals surface area (Å²) in [6, 6.07) is 8.31. The lowest BCUT2D eigenvalue weighted by Gasteiger charge is -2.14. The van der Waals surface area contributed by atoms with E-state index in [1.807, 2.05) is 12.1 Å². The number of rotatable bonds is 5. The minimum absolute atomic E-state index is 0.477. The molecule has 0 bridgehead atoms. The molecule has 0 spiro atoms. The molecule has 3 nitrogen and oxygen atoms in total. The summed E-state index contributed by atoms with van der Waals surface area (Å²) >= 11 is 5.12. The topological polar surface area (TPSA) is 34.2 Å². The van der Waals surface area contributed by atoms with Crippen LogP contribution in [0.5, 0.6) is 0 Å². The fraction of sp³-hybridized carbons (Fsp3) is 0.438. The predicted octanol–water partition coefficient (Wildman–Crippen LogP) is 2.76. The van der Waals surface area contributed by atoms with Crippen LogP contribution in [0.15, 0.2) is 30.5 Å². The summed E-state index contributed by atoms with van der Waals surface area (Å²) in [7, 11) is 0. The third kappa shape index (κ3) is 2.72. The Kier molecular flexibility index (Phi) is 4.03. The van der Waals surface area contributed by atoms with E-state index in [4.69, 9.17) is 18.0 Å². The number of nitrogens with zero attached hydrogens (tertiary/aromatic N) is 2. The molecule has 3 rings (SSSR count). The van der Waals surface area contributed by atoms with Crippen LogP contribution in [-0.2, 0) is 6.54 Å². The molecule has 1 aromatic heterocycles. The molecular weight excluding hydrogens is 266 g/mol. The summed E-state index contributed by atoms with van der Waals surface area (Å²) in [5.74, 6) is 0. The Hall–Kier alpha value is -1.39. The summed E-state index contributed by atoms with van der Waals surface area (Å²) < 4.78 is 2.31. The molecule has 0 radical (unpaired) electrons. The van der Waals surface area contributed by atoms with Gasteiger partial charge in [0.2, 0.25) is 0 Å². The van der Waals surface area contributed by atoms with Crippen LogP contribution in [-0.4, -0.2) is 34.1 Å². The Bertz CT molecular complexity index is 611. The monoisotopic (exact) mass is 287 g/mol. The van der Waals surface area contributed by atoms with E-state index in [1.54, 1.807) is 0 Å². The van der Waals surface area contributed by atoms with Gasteiger partial charge in [-0.2, -0.15) is 0 Å². The van der Waals surface area contributed by atoms with E-state index >= 15 is 0 Å². The van der Waals surface area contributed by atoms with E-state index in [-0.39, 0.29) is 0 Å². The first kappa shape index (κ1) is 13.6. The summed E-state index contributed by atoms with van der Waals surface area (Å²) in [6.45, 7) is 4.81. The largest absolute Gasteiger partial charge is 0.389 e. The number of aryl methyl sites for hydroxylation is 1. The number of benzene rings is 1. The van der Waals surface area contributed by atoms with E-state index < -0.39 is 0 Å². The standard InChI is InChI=1S/C16H21N3S/c17-16(20)14-5-3-6-15-13(14)7-12-19(15)11-4-10-18-8-1-2-9-18/h3,5-7,12H,1-2,4,8-11H2,(H2,17,20). The second kappa shape index (κ2) is 5.94. The van der Waals surface area contributed by atoms with Gasteiger partial charge in [0.15, 0.2) is 0 Å². The lowest BCUT2D eigenvalue weighted by atomic mass is 10.1. The number of likely N-dealkylation sites (tertiary alicyclic amines) is 1. The van der Waals surface area contributed by atoms with Gasteiger partial charge in [-0.1, -0.05) is 24.4 Å². The third-order valence-electron chi connectivity index (χ3n) is 4.15. The molecule has 0 atom stereocenters. The van der Waals surface area contributed by atoms with Crippen LogP contribution in [0.1, 0.15) is 24.8 Å². The van der Waals surface area contributed by atoms with E-state index in [9.17, 15) is 0 Å². The molecule has 1 fully saturated rings. The van der Waals surface area contributed by atoms with Gasteiger partial charge >= 0.3 is 0 Å². The number of nitrogens with two attached hydrogens (primary N) is 1. The molecule has 1 aromatic carbocycles. The molecule has 2 N–H and O–H groups in total. The van der Waals surface area contributed by atoms with Crippen molar-refractivity contribution in [3.63, 3.8) is 0 Å². The van der Waals surface area contributed by atoms with Crippen LogP contribution in [0.3, 0.4) is 0 Å². The van der Waals surface area contributed by atoms with Crippen LogP contribution in [0, 0.1) is 0 Å². The summed E-state index contributed by atoms with van der Waals surface area (Å²) in [6.07, 6.45) is 6.07. The smallest absolute Gasteiger partial charge is 0.104 e. The van der Waals surface area contributed by atoms with Gasteiger partial charge in [-0.05, 0) is 51.0 Å². The van der Waals surface area contributed by atoms with Crippen LogP contribution in [0.25, 0.3) is 10.9 Å². The Balaban J connectivity index is 1.72. The number of thiocarbonyl (C=S) groups is 1. The first-order chi connectivity index (χ1) is 9.75. The van der Waals surface area contributed by atoms with Gasteiger partial charge in [0, 0.05) is 29.2 Å². The van der Waals surface area contributed by atoms with E-state index in [0.717, 1.165) is 12.1 Å². The highest BCUT2D eigenvalue weighted by atomic mass is 32.1. The highest BCUT2D eigenvalue weighted by Gasteiger charge is 2.11. The van der Waals surface area contributed by atoms with E-state index in [2.05, 4.69) is 27.8 Å². The lowest BCUT2D eigenvalue weighted by Crippen LogP contribution is -2.21. The van der Waals surface area contributed by atoms with E-state index in [1.165, 1.54) is 49.8 Å². The molecule has 2 aromatic rings. The molecule has 1 aliphatic heterocycles. The van der Waals surface area contributed by atoms with Crippen molar-refractivity contribution in [2.45, 2.75) is 25.8 Å². The van der Waals surface area contributed by atoms with E-state index in [0.29, 0.717) is 4.99 Å². The molecule has 2 heterocycles. The average Bonchev–Trinajstić information content (AvgIpc) is 3.08. The predicted molar refractivity (Wildman–Crippen MR) is 88.1 cm³/mol. The van der Waals surface area contributed by atoms with Gasteiger partial charge < -0.3 is 15.2 Å². The van der Waals surface area contributed by atoms with Gasteiger partial charge in [-0.25, -0.2) is 0 Å². The molecule has 1 aliphatic rings. The Morgan fingerprint density at radius 2 is 1.95 bits per heavy atom. The average molecular weight is 287 g/mol. The van der Waals surface area contributed by atoms with Crippen molar-refractivity contribution in [1.29, 1.82) is 0 Å². The zero-order valence-corrected chi connectivity index (χ0v) is 12.5. The lowest BCUT2D eigenvalue weighted by molar-refractivity contribution is 0.326. The minimum Gasteiger partial charge on any atom is -0.389 e. The van der Waals surface area contributed by atoms with Gasteiger partial charge in [-0.15, -0.1) is 0 Å². The minimum atomic E-state index is 0.477. The molecule has 0 unspecified atom stereocenters. The van der Waals surface area contributed by atoms with Crippen molar-refractivity contribution in [2.75, 3.05) is 19.6 Å². The number of aromatic nitrogens is 1. The van der Waals surface area contributed by atoms with Gasteiger partial charge in [-0.3, -0.25) is 0 Å². The molecular formula is C16H21N3S. The molecule has 0 saturated carbocycles. The van der Waals surface area contributed by atoms with Gasteiger partial charge in [0.25, 0.3) is 0 Å². The maximum absolute atomic E-state index is 5.79. The molecule has 0 amide bonds. The van der Waals surface area contributed by atoms with Crippen molar-refractivity contribution in [1.82, 2.24) is 9.47 Å². The van der Waals surface area contributed by atoms with Crippen molar-refractivity contribution >= 4 is 28.1 Å². The van der Waals surface area contributed by atoms with Crippen LogP contribution in [0.2, 0.25) is 0 Å². The van der Waals surface area contributed by atoms with Crippen molar-refractivity contribution in [3.05, 3.63) is 36.0 Å².